The summed E-state index contributed by atoms with van der Waals surface area (Å²) in [5.41, 5.74) is 0. The fraction of sp³-hybridized carbons (Fsp3) is 0.714. The van der Waals surface area contributed by atoms with Gasteiger partial charge in [-0.15, -0.1) is 0 Å². The van der Waals surface area contributed by atoms with Crippen LogP contribution in [-0.2, 0) is 4.74 Å². The predicted octanol–water partition coefficient (Wildman–Crippen LogP) is 2.34. The summed E-state index contributed by atoms with van der Waals surface area (Å²) in [5, 5.41) is 0. The van der Waals surface area contributed by atoms with E-state index in [9.17, 15) is 0 Å². The van der Waals surface area contributed by atoms with Crippen LogP contribution in [0, 0.1) is 0 Å². The highest BCUT2D eigenvalue weighted by Gasteiger charge is 1.80. The van der Waals surface area contributed by atoms with E-state index in [1.807, 2.05) is 13.8 Å². The maximum absolute atomic E-state index is 5.14. The van der Waals surface area contributed by atoms with Crippen LogP contribution in [0.2, 0.25) is 0 Å². The smallest absolute Gasteiger partial charge is 0.0888 e. The molecule has 0 aromatic heterocycles. The molecule has 1 nitrogen and oxygen atoms in total. The highest BCUT2D eigenvalue weighted by atomic mass is 16.5. The Hall–Kier alpha value is -0.460. The minimum absolute atomic E-state index is 0.780. The molecular weight excluding hydrogens is 100 g/mol. The molecule has 48 valence electrons. The fourth-order valence-electron chi connectivity index (χ4n) is 0.574. The number of allylic oxidation sites excluding steroid dienone is 2. The van der Waals surface area contributed by atoms with Gasteiger partial charge in [0.1, 0.15) is 0 Å². The van der Waals surface area contributed by atoms with Crippen LogP contribution in [-0.4, -0.2) is 6.61 Å². The lowest BCUT2D eigenvalue weighted by atomic mass is 10.4. The molecule has 0 aliphatic carbocycles. The number of hydrogen-bond acceptors (Lipinski definition) is 1. The fourth-order valence-corrected chi connectivity index (χ4v) is 0.574. The van der Waals surface area contributed by atoms with Crippen LogP contribution in [0.4, 0.5) is 0 Å². The average Bonchev–Trinajstić information content (AvgIpc) is 1.68. The Morgan fingerprint density at radius 3 is 2.50 bits per heavy atom. The quantitative estimate of drug-likeness (QED) is 0.512. The topological polar surface area (TPSA) is 9.23 Å². The van der Waals surface area contributed by atoms with E-state index < -0.39 is 0 Å². The second-order valence-electron chi connectivity index (χ2n) is 1.66. The molecule has 0 unspecified atom stereocenters. The van der Waals surface area contributed by atoms with Crippen molar-refractivity contribution < 1.29 is 4.74 Å². The molecule has 0 saturated heterocycles. The Morgan fingerprint density at radius 1 is 1.50 bits per heavy atom. The normalized spacial score (nSPS) is 11.6. The number of rotatable bonds is 3. The van der Waals surface area contributed by atoms with Gasteiger partial charge in [-0.1, -0.05) is 6.92 Å². The molecule has 0 rings (SSSR count). The molecule has 0 bridgehead atoms. The Bertz CT molecular complexity index is 74.5. The van der Waals surface area contributed by atoms with Crippen molar-refractivity contribution in [2.75, 3.05) is 6.61 Å². The first-order valence-electron chi connectivity index (χ1n) is 3.10. The number of hydrogen-bond donors (Lipinski definition) is 0. The van der Waals surface area contributed by atoms with E-state index in [0.717, 1.165) is 18.8 Å². The van der Waals surface area contributed by atoms with Gasteiger partial charge in [0, 0.05) is 0 Å². The Balaban J connectivity index is 3.29. The van der Waals surface area contributed by atoms with Crippen molar-refractivity contribution in [2.24, 2.45) is 0 Å². The summed E-state index contributed by atoms with van der Waals surface area (Å²) in [4.78, 5) is 0. The van der Waals surface area contributed by atoms with Gasteiger partial charge in [0.15, 0.2) is 0 Å². The molecule has 0 spiro atoms. The molecule has 0 atom stereocenters. The van der Waals surface area contributed by atoms with Gasteiger partial charge in [-0.05, 0) is 26.3 Å². The van der Waals surface area contributed by atoms with Gasteiger partial charge in [-0.25, -0.2) is 0 Å². The lowest BCUT2D eigenvalue weighted by Gasteiger charge is -1.99. The van der Waals surface area contributed by atoms with Crippen LogP contribution < -0.4 is 0 Å². The van der Waals surface area contributed by atoms with Crippen LogP contribution in [0.3, 0.4) is 0 Å². The van der Waals surface area contributed by atoms with Crippen molar-refractivity contribution in [2.45, 2.75) is 27.2 Å². The van der Waals surface area contributed by atoms with Crippen LogP contribution in [0.5, 0.6) is 0 Å². The summed E-state index contributed by atoms with van der Waals surface area (Å²) in [6.45, 7) is 6.85. The van der Waals surface area contributed by atoms with Gasteiger partial charge in [-0.3, -0.25) is 0 Å². The van der Waals surface area contributed by atoms with Crippen molar-refractivity contribution in [3.63, 3.8) is 0 Å². The average molecular weight is 114 g/mol. The zero-order valence-electron chi connectivity index (χ0n) is 5.90. The van der Waals surface area contributed by atoms with Crippen molar-refractivity contribution in [3.05, 3.63) is 11.8 Å². The van der Waals surface area contributed by atoms with Crippen molar-refractivity contribution >= 4 is 0 Å². The van der Waals surface area contributed by atoms with Gasteiger partial charge < -0.3 is 4.74 Å². The molecule has 1 heteroatoms. The minimum atomic E-state index is 0.780. The molecule has 0 aromatic carbocycles. The van der Waals surface area contributed by atoms with Gasteiger partial charge in [0.25, 0.3) is 0 Å². The second-order valence-corrected chi connectivity index (χ2v) is 1.66. The zero-order chi connectivity index (χ0) is 6.41. The van der Waals surface area contributed by atoms with Gasteiger partial charge in [0.05, 0.1) is 12.4 Å². The van der Waals surface area contributed by atoms with Crippen LogP contribution in [0.25, 0.3) is 0 Å². The van der Waals surface area contributed by atoms with E-state index in [-0.39, 0.29) is 0 Å². The van der Waals surface area contributed by atoms with Gasteiger partial charge in [0.2, 0.25) is 0 Å². The molecule has 0 aromatic rings. The van der Waals surface area contributed by atoms with E-state index in [1.165, 1.54) is 0 Å². The Morgan fingerprint density at radius 2 is 2.12 bits per heavy atom. The first kappa shape index (κ1) is 7.54. The van der Waals surface area contributed by atoms with Gasteiger partial charge in [-0.2, -0.15) is 0 Å². The lowest BCUT2D eigenvalue weighted by molar-refractivity contribution is 0.230. The maximum atomic E-state index is 5.14. The summed E-state index contributed by atoms with van der Waals surface area (Å²) in [5.74, 6) is 1.04. The molecule has 0 N–H and O–H groups in total. The van der Waals surface area contributed by atoms with Crippen LogP contribution in [0.15, 0.2) is 11.8 Å². The maximum Gasteiger partial charge on any atom is 0.0888 e. The monoisotopic (exact) mass is 114 g/mol. The zero-order valence-corrected chi connectivity index (χ0v) is 5.90. The lowest BCUT2D eigenvalue weighted by Crippen LogP contribution is -1.84. The first-order valence-corrected chi connectivity index (χ1v) is 3.10. The summed E-state index contributed by atoms with van der Waals surface area (Å²) in [6, 6.07) is 0. The third-order valence-corrected chi connectivity index (χ3v) is 0.864. The first-order chi connectivity index (χ1) is 3.81. The van der Waals surface area contributed by atoms with Crippen molar-refractivity contribution in [3.8, 4) is 0 Å². The molecule has 8 heavy (non-hydrogen) atoms. The minimum Gasteiger partial charge on any atom is -0.499 e. The van der Waals surface area contributed by atoms with Gasteiger partial charge >= 0.3 is 0 Å². The molecular formula is C7H14O. The van der Waals surface area contributed by atoms with E-state index in [1.54, 1.807) is 0 Å². The summed E-state index contributed by atoms with van der Waals surface area (Å²) in [6.07, 6.45) is 3.13. The molecule has 0 heterocycles. The van der Waals surface area contributed by atoms with E-state index >= 15 is 0 Å². The highest BCUT2D eigenvalue weighted by molar-refractivity contribution is 4.86. The summed E-state index contributed by atoms with van der Waals surface area (Å²) >= 11 is 0. The van der Waals surface area contributed by atoms with E-state index in [4.69, 9.17) is 4.74 Å². The van der Waals surface area contributed by atoms with E-state index in [0.29, 0.717) is 0 Å². The molecule has 0 amide bonds. The highest BCUT2D eigenvalue weighted by Crippen LogP contribution is 1.95. The molecule has 0 aliphatic rings. The molecule has 0 fully saturated rings. The third-order valence-electron chi connectivity index (χ3n) is 0.864. The molecule has 0 radical (unpaired) electrons. The SMILES string of the molecule is CC/C=C(/C)OCC. The third kappa shape index (κ3) is 3.72. The van der Waals surface area contributed by atoms with Crippen molar-refractivity contribution in [1.29, 1.82) is 0 Å². The molecule has 0 aliphatic heterocycles. The standard InChI is InChI=1S/C7H14O/c1-4-6-7(3)8-5-2/h6H,4-5H2,1-3H3/b7-6-. The molecule has 0 saturated carbocycles. The summed E-state index contributed by atoms with van der Waals surface area (Å²) in [7, 11) is 0. The summed E-state index contributed by atoms with van der Waals surface area (Å²) < 4.78 is 5.14. The second kappa shape index (κ2) is 4.69. The van der Waals surface area contributed by atoms with E-state index in [2.05, 4.69) is 13.0 Å². The Kier molecular flexibility index (Phi) is 4.42. The van der Waals surface area contributed by atoms with Crippen LogP contribution >= 0.6 is 0 Å². The number of ether oxygens (including phenoxy) is 1. The predicted molar refractivity (Wildman–Crippen MR) is 35.7 cm³/mol. The van der Waals surface area contributed by atoms with Crippen LogP contribution in [0.1, 0.15) is 27.2 Å². The Labute approximate surface area is 51.4 Å². The largest absolute Gasteiger partial charge is 0.499 e. The van der Waals surface area contributed by atoms with Crippen molar-refractivity contribution in [1.82, 2.24) is 0 Å².